The number of nitrogens with zero attached hydrogens (tertiary/aromatic N) is 2. The van der Waals surface area contributed by atoms with Crippen LogP contribution < -0.4 is 5.32 Å². The van der Waals surface area contributed by atoms with Crippen LogP contribution in [0.4, 0.5) is 0 Å². The van der Waals surface area contributed by atoms with Crippen molar-refractivity contribution in [3.8, 4) is 0 Å². The maximum Gasteiger partial charge on any atom is 0.0112 e. The van der Waals surface area contributed by atoms with Crippen molar-refractivity contribution in [3.05, 3.63) is 0 Å². The van der Waals surface area contributed by atoms with Crippen LogP contribution in [0.3, 0.4) is 0 Å². The molecule has 2 saturated heterocycles. The van der Waals surface area contributed by atoms with Gasteiger partial charge in [0.15, 0.2) is 0 Å². The summed E-state index contributed by atoms with van der Waals surface area (Å²) < 4.78 is 0. The summed E-state index contributed by atoms with van der Waals surface area (Å²) in [5, 5.41) is 3.48. The third kappa shape index (κ3) is 3.69. The predicted molar refractivity (Wildman–Crippen MR) is 75.9 cm³/mol. The van der Waals surface area contributed by atoms with Gasteiger partial charge in [0.25, 0.3) is 0 Å². The van der Waals surface area contributed by atoms with E-state index in [1.54, 1.807) is 0 Å². The van der Waals surface area contributed by atoms with Crippen molar-refractivity contribution in [3.63, 3.8) is 0 Å². The van der Waals surface area contributed by atoms with Crippen LogP contribution in [0.1, 0.15) is 38.5 Å². The van der Waals surface area contributed by atoms with E-state index in [-0.39, 0.29) is 0 Å². The van der Waals surface area contributed by atoms with Crippen LogP contribution in [-0.2, 0) is 0 Å². The normalized spacial score (nSPS) is 27.2. The van der Waals surface area contributed by atoms with Gasteiger partial charge in [0.1, 0.15) is 0 Å². The summed E-state index contributed by atoms with van der Waals surface area (Å²) in [5.74, 6) is 0.963. The first-order chi connectivity index (χ1) is 8.92. The number of rotatable bonds is 6. The lowest BCUT2D eigenvalue weighted by atomic mass is 9.97. The van der Waals surface area contributed by atoms with Gasteiger partial charge >= 0.3 is 0 Å². The Hall–Kier alpha value is -0.120. The number of likely N-dealkylation sites (tertiary alicyclic amines) is 1. The minimum Gasteiger partial charge on any atom is -0.317 e. The van der Waals surface area contributed by atoms with E-state index in [0.717, 1.165) is 12.0 Å². The molecular formula is C15H29N3. The second kappa shape index (κ2) is 6.36. The number of hydrogen-bond donors (Lipinski definition) is 1. The van der Waals surface area contributed by atoms with Crippen LogP contribution in [0.2, 0.25) is 0 Å². The van der Waals surface area contributed by atoms with Gasteiger partial charge in [-0.2, -0.15) is 0 Å². The van der Waals surface area contributed by atoms with Gasteiger partial charge in [-0.15, -0.1) is 0 Å². The van der Waals surface area contributed by atoms with Crippen molar-refractivity contribution in [1.29, 1.82) is 0 Å². The Balaban J connectivity index is 1.42. The molecule has 1 N–H and O–H groups in total. The highest BCUT2D eigenvalue weighted by Gasteiger charge is 2.31. The zero-order valence-electron chi connectivity index (χ0n) is 11.7. The van der Waals surface area contributed by atoms with Crippen molar-refractivity contribution in [2.24, 2.45) is 5.92 Å². The fourth-order valence-corrected chi connectivity index (χ4v) is 3.53. The molecule has 18 heavy (non-hydrogen) atoms. The zero-order chi connectivity index (χ0) is 12.2. The molecule has 104 valence electrons. The SMILES string of the molecule is C1CCN(CCN(CC2CCNCC2)C2CC2)C1. The van der Waals surface area contributed by atoms with Crippen LogP contribution in [0, 0.1) is 5.92 Å². The fourth-order valence-electron chi connectivity index (χ4n) is 3.53. The number of nitrogens with one attached hydrogen (secondary N) is 1. The van der Waals surface area contributed by atoms with E-state index in [2.05, 4.69) is 15.1 Å². The summed E-state index contributed by atoms with van der Waals surface area (Å²) in [7, 11) is 0. The first-order valence-corrected chi connectivity index (χ1v) is 8.09. The highest BCUT2D eigenvalue weighted by atomic mass is 15.2. The van der Waals surface area contributed by atoms with E-state index < -0.39 is 0 Å². The predicted octanol–water partition coefficient (Wildman–Crippen LogP) is 1.55. The average molecular weight is 251 g/mol. The Labute approximate surface area is 112 Å². The Morgan fingerprint density at radius 3 is 2.39 bits per heavy atom. The Morgan fingerprint density at radius 2 is 1.72 bits per heavy atom. The molecular weight excluding hydrogens is 222 g/mol. The molecule has 1 saturated carbocycles. The lowest BCUT2D eigenvalue weighted by molar-refractivity contribution is 0.174. The van der Waals surface area contributed by atoms with E-state index in [9.17, 15) is 0 Å². The molecule has 0 amide bonds. The average Bonchev–Trinajstić information content (AvgIpc) is 3.12. The maximum absolute atomic E-state index is 3.48. The van der Waals surface area contributed by atoms with Gasteiger partial charge in [0.05, 0.1) is 0 Å². The van der Waals surface area contributed by atoms with Crippen LogP contribution in [0.15, 0.2) is 0 Å². The fraction of sp³-hybridized carbons (Fsp3) is 1.00. The smallest absolute Gasteiger partial charge is 0.0112 e. The molecule has 2 heterocycles. The Morgan fingerprint density at radius 1 is 1.00 bits per heavy atom. The molecule has 1 aliphatic carbocycles. The molecule has 0 unspecified atom stereocenters. The van der Waals surface area contributed by atoms with Crippen LogP contribution in [0.5, 0.6) is 0 Å². The molecule has 0 bridgehead atoms. The van der Waals surface area contributed by atoms with Gasteiger partial charge < -0.3 is 10.2 Å². The number of piperidine rings is 1. The van der Waals surface area contributed by atoms with E-state index >= 15 is 0 Å². The van der Waals surface area contributed by atoms with Crippen LogP contribution in [0.25, 0.3) is 0 Å². The van der Waals surface area contributed by atoms with E-state index in [1.807, 2.05) is 0 Å². The van der Waals surface area contributed by atoms with Crippen LogP contribution in [-0.4, -0.2) is 61.7 Å². The van der Waals surface area contributed by atoms with Gasteiger partial charge in [0.2, 0.25) is 0 Å². The zero-order valence-corrected chi connectivity index (χ0v) is 11.7. The van der Waals surface area contributed by atoms with Crippen molar-refractivity contribution >= 4 is 0 Å². The van der Waals surface area contributed by atoms with Crippen molar-refractivity contribution in [2.75, 3.05) is 45.8 Å². The minimum absolute atomic E-state index is 0.947. The highest BCUT2D eigenvalue weighted by molar-refractivity contribution is 4.87. The number of hydrogen-bond acceptors (Lipinski definition) is 3. The molecule has 0 aromatic carbocycles. The molecule has 0 aromatic rings. The summed E-state index contributed by atoms with van der Waals surface area (Å²) in [6, 6.07) is 0.947. The minimum atomic E-state index is 0.947. The van der Waals surface area contributed by atoms with Gasteiger partial charge in [-0.05, 0) is 70.6 Å². The summed E-state index contributed by atoms with van der Waals surface area (Å²) in [6.45, 7) is 9.22. The molecule has 2 aliphatic heterocycles. The molecule has 0 spiro atoms. The Kier molecular flexibility index (Phi) is 4.55. The molecule has 3 nitrogen and oxygen atoms in total. The Bertz CT molecular complexity index is 240. The molecule has 0 radical (unpaired) electrons. The lowest BCUT2D eigenvalue weighted by Crippen LogP contribution is -2.40. The molecule has 3 aliphatic rings. The topological polar surface area (TPSA) is 18.5 Å². The lowest BCUT2D eigenvalue weighted by Gasteiger charge is -2.31. The summed E-state index contributed by atoms with van der Waals surface area (Å²) in [4.78, 5) is 5.48. The maximum atomic E-state index is 3.48. The molecule has 0 aromatic heterocycles. The first-order valence-electron chi connectivity index (χ1n) is 8.09. The van der Waals surface area contributed by atoms with Gasteiger partial charge in [-0.25, -0.2) is 0 Å². The van der Waals surface area contributed by atoms with Crippen molar-refractivity contribution in [2.45, 2.75) is 44.6 Å². The largest absolute Gasteiger partial charge is 0.317 e. The molecule has 3 rings (SSSR count). The standard InChI is InChI=1S/C15H29N3/c1-2-10-17(9-1)11-12-18(15-3-4-15)13-14-5-7-16-8-6-14/h14-16H,1-13H2. The summed E-state index contributed by atoms with van der Waals surface area (Å²) in [6.07, 6.45) is 8.57. The monoisotopic (exact) mass is 251 g/mol. The third-order valence-corrected chi connectivity index (χ3v) is 4.92. The molecule has 0 atom stereocenters. The van der Waals surface area contributed by atoms with E-state index in [4.69, 9.17) is 0 Å². The second-order valence-electron chi connectivity index (χ2n) is 6.47. The van der Waals surface area contributed by atoms with E-state index in [1.165, 1.54) is 84.3 Å². The summed E-state index contributed by atoms with van der Waals surface area (Å²) in [5.41, 5.74) is 0. The van der Waals surface area contributed by atoms with Crippen molar-refractivity contribution < 1.29 is 0 Å². The van der Waals surface area contributed by atoms with E-state index in [0.29, 0.717) is 0 Å². The van der Waals surface area contributed by atoms with Crippen molar-refractivity contribution in [1.82, 2.24) is 15.1 Å². The van der Waals surface area contributed by atoms with Gasteiger partial charge in [0, 0.05) is 25.7 Å². The van der Waals surface area contributed by atoms with Gasteiger partial charge in [-0.3, -0.25) is 4.90 Å². The first kappa shape index (κ1) is 12.9. The van der Waals surface area contributed by atoms with Gasteiger partial charge in [-0.1, -0.05) is 0 Å². The highest BCUT2D eigenvalue weighted by Crippen LogP contribution is 2.28. The third-order valence-electron chi connectivity index (χ3n) is 4.92. The molecule has 3 fully saturated rings. The summed E-state index contributed by atoms with van der Waals surface area (Å²) >= 11 is 0. The second-order valence-corrected chi connectivity index (χ2v) is 6.47. The molecule has 3 heteroatoms. The van der Waals surface area contributed by atoms with Crippen LogP contribution >= 0.6 is 0 Å². The quantitative estimate of drug-likeness (QED) is 0.773.